The van der Waals surface area contributed by atoms with Gasteiger partial charge in [0.25, 0.3) is 0 Å². The first-order valence-corrected chi connectivity index (χ1v) is 3.80. The molecule has 0 heteroatoms. The van der Waals surface area contributed by atoms with Crippen molar-refractivity contribution in [3.8, 4) is 0 Å². The fourth-order valence-electron chi connectivity index (χ4n) is 1.66. The van der Waals surface area contributed by atoms with Gasteiger partial charge < -0.3 is 0 Å². The first-order chi connectivity index (χ1) is 3.97. The van der Waals surface area contributed by atoms with Gasteiger partial charge >= 0.3 is 0 Å². The minimum atomic E-state index is 1.06. The third-order valence-corrected chi connectivity index (χ3v) is 2.72. The highest BCUT2D eigenvalue weighted by molar-refractivity contribution is 4.94. The molecule has 0 spiro atoms. The minimum Gasteiger partial charge on any atom is -0.0524 e. The summed E-state index contributed by atoms with van der Waals surface area (Å²) in [7, 11) is 0. The highest BCUT2D eigenvalue weighted by atomic mass is 14.4. The molecule has 0 saturated heterocycles. The molecule has 1 unspecified atom stereocenters. The summed E-state index contributed by atoms with van der Waals surface area (Å²) in [6.07, 6.45) is 9.98. The molecule has 0 nitrogen and oxygen atoms in total. The van der Waals surface area contributed by atoms with Crippen molar-refractivity contribution in [3.05, 3.63) is 6.42 Å². The van der Waals surface area contributed by atoms with E-state index in [2.05, 4.69) is 6.42 Å². The van der Waals surface area contributed by atoms with Gasteiger partial charge in [-0.25, -0.2) is 0 Å². The van der Waals surface area contributed by atoms with Crippen LogP contribution in [0.5, 0.6) is 0 Å². The zero-order valence-electron chi connectivity index (χ0n) is 5.27. The van der Waals surface area contributed by atoms with Crippen LogP contribution in [0.3, 0.4) is 0 Å². The van der Waals surface area contributed by atoms with Gasteiger partial charge in [-0.1, -0.05) is 6.42 Å². The summed E-state index contributed by atoms with van der Waals surface area (Å²) in [4.78, 5) is 0. The van der Waals surface area contributed by atoms with Gasteiger partial charge in [-0.05, 0) is 12.8 Å². The normalized spacial score (nSPS) is 37.2. The van der Waals surface area contributed by atoms with Crippen LogP contribution in [0, 0.1) is 18.3 Å². The summed E-state index contributed by atoms with van der Waals surface area (Å²) in [5.41, 5.74) is 0. The molecule has 0 aromatic heterocycles. The summed E-state index contributed by atoms with van der Waals surface area (Å²) in [6.45, 7) is 0. The second kappa shape index (κ2) is 1.68. The molecular weight excluding hydrogens is 96.1 g/mol. The van der Waals surface area contributed by atoms with Crippen LogP contribution >= 0.6 is 0 Å². The van der Waals surface area contributed by atoms with Gasteiger partial charge in [0, 0.05) is 12.3 Å². The lowest BCUT2D eigenvalue weighted by molar-refractivity contribution is 0.181. The second-order valence-electron chi connectivity index (χ2n) is 3.17. The standard InChI is InChI=1S/C8H13/c1-3-7(4-1)8-5-2-6-8/h3,7-8H,1-2,4-6H2/q+1. The van der Waals surface area contributed by atoms with Crippen LogP contribution in [-0.4, -0.2) is 0 Å². The van der Waals surface area contributed by atoms with Gasteiger partial charge in [-0.2, -0.15) is 0 Å². The minimum absolute atomic E-state index is 1.06. The average molecular weight is 109 g/mol. The Morgan fingerprint density at radius 1 is 1.12 bits per heavy atom. The molecule has 8 heavy (non-hydrogen) atoms. The molecule has 0 N–H and O–H groups in total. The van der Waals surface area contributed by atoms with Crippen molar-refractivity contribution in [2.75, 3.05) is 0 Å². The van der Waals surface area contributed by atoms with Crippen molar-refractivity contribution in [1.82, 2.24) is 0 Å². The van der Waals surface area contributed by atoms with E-state index in [4.69, 9.17) is 0 Å². The monoisotopic (exact) mass is 109 g/mol. The van der Waals surface area contributed by atoms with Crippen LogP contribution in [0.25, 0.3) is 0 Å². The maximum absolute atomic E-state index is 2.50. The molecule has 2 rings (SSSR count). The fourth-order valence-corrected chi connectivity index (χ4v) is 1.66. The lowest BCUT2D eigenvalue weighted by Gasteiger charge is -2.32. The lowest BCUT2D eigenvalue weighted by Crippen LogP contribution is -2.27. The topological polar surface area (TPSA) is 0 Å². The molecule has 0 radical (unpaired) electrons. The zero-order chi connectivity index (χ0) is 5.40. The number of rotatable bonds is 1. The van der Waals surface area contributed by atoms with Gasteiger partial charge in [0.2, 0.25) is 0 Å². The molecule has 44 valence electrons. The molecule has 0 aromatic carbocycles. The average Bonchev–Trinajstić information content (AvgIpc) is 1.47. The van der Waals surface area contributed by atoms with Crippen LogP contribution < -0.4 is 0 Å². The molecule has 0 aromatic rings. The summed E-state index contributed by atoms with van der Waals surface area (Å²) in [6, 6.07) is 0. The van der Waals surface area contributed by atoms with Gasteiger partial charge in [-0.3, -0.25) is 0 Å². The molecule has 2 aliphatic rings. The van der Waals surface area contributed by atoms with Crippen molar-refractivity contribution in [1.29, 1.82) is 0 Å². The summed E-state index contributed by atoms with van der Waals surface area (Å²) < 4.78 is 0. The molecule has 0 amide bonds. The molecule has 2 fully saturated rings. The van der Waals surface area contributed by atoms with Gasteiger partial charge in [0.05, 0.1) is 12.8 Å². The van der Waals surface area contributed by atoms with E-state index >= 15 is 0 Å². The van der Waals surface area contributed by atoms with E-state index in [-0.39, 0.29) is 0 Å². The first kappa shape index (κ1) is 4.72. The Balaban J connectivity index is 1.79. The summed E-state index contributed by atoms with van der Waals surface area (Å²) in [5.74, 6) is 2.19. The Hall–Kier alpha value is -0.130. The molecule has 1 atom stereocenters. The van der Waals surface area contributed by atoms with Crippen LogP contribution in [0.2, 0.25) is 0 Å². The highest BCUT2D eigenvalue weighted by Crippen LogP contribution is 2.42. The van der Waals surface area contributed by atoms with Crippen LogP contribution in [-0.2, 0) is 0 Å². The Bertz CT molecular complexity index is 66.0. The van der Waals surface area contributed by atoms with E-state index in [1.807, 2.05) is 0 Å². The molecule has 2 aliphatic carbocycles. The highest BCUT2D eigenvalue weighted by Gasteiger charge is 2.38. The van der Waals surface area contributed by atoms with E-state index in [0.717, 1.165) is 11.8 Å². The van der Waals surface area contributed by atoms with E-state index in [1.54, 1.807) is 0 Å². The molecule has 0 heterocycles. The maximum atomic E-state index is 2.50. The van der Waals surface area contributed by atoms with Crippen LogP contribution in [0.15, 0.2) is 0 Å². The Kier molecular flexibility index (Phi) is 0.991. The summed E-state index contributed by atoms with van der Waals surface area (Å²) >= 11 is 0. The van der Waals surface area contributed by atoms with E-state index in [1.165, 1.54) is 32.1 Å². The molecule has 0 bridgehead atoms. The molecule has 0 aliphatic heterocycles. The molecule has 2 saturated carbocycles. The molecular formula is C8H13+. The lowest BCUT2D eigenvalue weighted by atomic mass is 9.67. The predicted molar refractivity (Wildman–Crippen MR) is 34.4 cm³/mol. The van der Waals surface area contributed by atoms with Crippen molar-refractivity contribution in [2.24, 2.45) is 11.8 Å². The number of hydrogen-bond donors (Lipinski definition) is 0. The third-order valence-electron chi connectivity index (χ3n) is 2.72. The zero-order valence-corrected chi connectivity index (χ0v) is 5.27. The maximum Gasteiger partial charge on any atom is 0.105 e. The van der Waals surface area contributed by atoms with Crippen LogP contribution in [0.4, 0.5) is 0 Å². The van der Waals surface area contributed by atoms with E-state index in [0.29, 0.717) is 0 Å². The van der Waals surface area contributed by atoms with Gasteiger partial charge in [0.1, 0.15) is 5.92 Å². The van der Waals surface area contributed by atoms with Crippen molar-refractivity contribution < 1.29 is 0 Å². The quantitative estimate of drug-likeness (QED) is 0.453. The smallest absolute Gasteiger partial charge is 0.0524 e. The van der Waals surface area contributed by atoms with Crippen molar-refractivity contribution in [3.63, 3.8) is 0 Å². The summed E-state index contributed by atoms with van der Waals surface area (Å²) in [5, 5.41) is 0. The fraction of sp³-hybridized carbons (Fsp3) is 0.875. The second-order valence-corrected chi connectivity index (χ2v) is 3.17. The predicted octanol–water partition coefficient (Wildman–Crippen LogP) is 2.40. The Morgan fingerprint density at radius 2 is 1.88 bits per heavy atom. The first-order valence-electron chi connectivity index (χ1n) is 3.80. The third kappa shape index (κ3) is 0.553. The number of hydrogen-bond acceptors (Lipinski definition) is 0. The Labute approximate surface area is 51.3 Å². The van der Waals surface area contributed by atoms with Crippen molar-refractivity contribution >= 4 is 0 Å². The Morgan fingerprint density at radius 3 is 2.00 bits per heavy atom. The van der Waals surface area contributed by atoms with Gasteiger partial charge in [-0.15, -0.1) is 0 Å². The largest absolute Gasteiger partial charge is 0.105 e. The van der Waals surface area contributed by atoms with Crippen molar-refractivity contribution in [2.45, 2.75) is 32.1 Å². The van der Waals surface area contributed by atoms with Crippen LogP contribution in [0.1, 0.15) is 32.1 Å². The SMILES string of the molecule is [CH+]1CCC1C1CCC1. The van der Waals surface area contributed by atoms with E-state index < -0.39 is 0 Å². The van der Waals surface area contributed by atoms with Gasteiger partial charge in [0.15, 0.2) is 0 Å². The van der Waals surface area contributed by atoms with E-state index in [9.17, 15) is 0 Å².